The predicted octanol–water partition coefficient (Wildman–Crippen LogP) is 4.37. The molecule has 3 aliphatic rings. The van der Waals surface area contributed by atoms with Crippen LogP contribution in [0.4, 0.5) is 0 Å². The highest BCUT2D eigenvalue weighted by Crippen LogP contribution is 2.47. The monoisotopic (exact) mass is 457 g/mol. The summed E-state index contributed by atoms with van der Waals surface area (Å²) in [6.07, 6.45) is 4.77. The molecule has 2 fully saturated rings. The van der Waals surface area contributed by atoms with Gasteiger partial charge in [0.2, 0.25) is 0 Å². The van der Waals surface area contributed by atoms with Gasteiger partial charge in [0.05, 0.1) is 32.6 Å². The number of hydrogen-bond donors (Lipinski definition) is 1. The topological polar surface area (TPSA) is 66.8 Å². The number of nitrogens with zero attached hydrogens (tertiary/aromatic N) is 2. The van der Waals surface area contributed by atoms with Crippen molar-refractivity contribution in [1.29, 1.82) is 5.26 Å². The summed E-state index contributed by atoms with van der Waals surface area (Å²) in [6, 6.07) is 7.12. The normalized spacial score (nSPS) is 25.6. The van der Waals surface area contributed by atoms with E-state index in [4.69, 9.17) is 14.2 Å². The van der Waals surface area contributed by atoms with Crippen molar-refractivity contribution in [2.45, 2.75) is 56.7 Å². The van der Waals surface area contributed by atoms with Crippen LogP contribution >= 0.6 is 11.8 Å². The first kappa shape index (κ1) is 23.3. The number of benzene rings is 1. The third-order valence-electron chi connectivity index (χ3n) is 6.67. The lowest BCUT2D eigenvalue weighted by Crippen LogP contribution is -2.41. The molecule has 3 unspecified atom stereocenters. The minimum Gasteiger partial charge on any atom is -0.493 e. The first-order chi connectivity index (χ1) is 15.6. The Morgan fingerprint density at radius 3 is 2.78 bits per heavy atom. The first-order valence-corrected chi connectivity index (χ1v) is 12.7. The van der Waals surface area contributed by atoms with Crippen molar-refractivity contribution in [1.82, 2.24) is 10.2 Å². The van der Waals surface area contributed by atoms with E-state index in [9.17, 15) is 5.26 Å². The molecule has 1 aromatic rings. The molecule has 4 rings (SSSR count). The Morgan fingerprint density at radius 1 is 1.28 bits per heavy atom. The highest BCUT2D eigenvalue weighted by atomic mass is 32.2. The van der Waals surface area contributed by atoms with Crippen LogP contribution in [0.5, 0.6) is 11.5 Å². The summed E-state index contributed by atoms with van der Waals surface area (Å²) in [4.78, 5) is 3.19. The van der Waals surface area contributed by atoms with Crippen LogP contribution in [-0.2, 0) is 4.74 Å². The standard InChI is InChI=1S/C25H35N3O3S/c1-4-31-23-13-19-18-7-5-6-8-21(18)27-25(20(19)14-22(23)29-3)24(15-26)32-17(2)16-28-9-11-30-12-10-28/h13-14,17-18,21,27H,4-12,16H2,1-3H3/b25-24-. The average Bonchev–Trinajstić information content (AvgIpc) is 2.82. The molecule has 0 aromatic heterocycles. The van der Waals surface area contributed by atoms with E-state index in [-0.39, 0.29) is 0 Å². The smallest absolute Gasteiger partial charge is 0.161 e. The van der Waals surface area contributed by atoms with E-state index in [0.717, 1.165) is 73.4 Å². The van der Waals surface area contributed by atoms with Crippen molar-refractivity contribution < 1.29 is 14.2 Å². The molecule has 3 atom stereocenters. The molecule has 174 valence electrons. The van der Waals surface area contributed by atoms with Gasteiger partial charge in [0, 0.05) is 42.4 Å². The summed E-state index contributed by atoms with van der Waals surface area (Å²) in [5, 5.41) is 14.3. The highest BCUT2D eigenvalue weighted by molar-refractivity contribution is 8.04. The Morgan fingerprint density at radius 2 is 2.06 bits per heavy atom. The SMILES string of the molecule is CCOc1cc2c(cc1OC)/C(=C(\C#N)SC(C)CN1CCOCC1)NC1CCCCC21. The minimum atomic E-state index is 0.314. The highest BCUT2D eigenvalue weighted by Gasteiger charge is 2.36. The van der Waals surface area contributed by atoms with E-state index in [0.29, 0.717) is 23.8 Å². The van der Waals surface area contributed by atoms with E-state index in [1.54, 1.807) is 18.9 Å². The molecule has 1 aromatic carbocycles. The van der Waals surface area contributed by atoms with Gasteiger partial charge >= 0.3 is 0 Å². The summed E-state index contributed by atoms with van der Waals surface area (Å²) >= 11 is 1.68. The zero-order valence-electron chi connectivity index (χ0n) is 19.5. The third kappa shape index (κ3) is 5.03. The molecular weight excluding hydrogens is 422 g/mol. The molecule has 2 heterocycles. The van der Waals surface area contributed by atoms with Crippen molar-refractivity contribution in [2.24, 2.45) is 0 Å². The van der Waals surface area contributed by atoms with Gasteiger partial charge in [-0.3, -0.25) is 4.90 Å². The second-order valence-electron chi connectivity index (χ2n) is 8.82. The molecule has 2 aliphatic heterocycles. The summed E-state index contributed by atoms with van der Waals surface area (Å²) < 4.78 is 17.0. The van der Waals surface area contributed by atoms with Crippen LogP contribution in [0.15, 0.2) is 17.0 Å². The van der Waals surface area contributed by atoms with E-state index in [1.807, 2.05) is 6.92 Å². The largest absolute Gasteiger partial charge is 0.493 e. The molecule has 0 spiro atoms. The molecule has 1 saturated heterocycles. The third-order valence-corrected chi connectivity index (χ3v) is 7.75. The van der Waals surface area contributed by atoms with Crippen molar-refractivity contribution >= 4 is 17.5 Å². The van der Waals surface area contributed by atoms with Crippen molar-refractivity contribution in [3.05, 3.63) is 28.2 Å². The fraction of sp³-hybridized carbons (Fsp3) is 0.640. The second kappa shape index (κ2) is 10.8. The van der Waals surface area contributed by atoms with Crippen LogP contribution in [0.25, 0.3) is 5.70 Å². The zero-order chi connectivity index (χ0) is 22.5. The molecular formula is C25H35N3O3S. The maximum Gasteiger partial charge on any atom is 0.161 e. The van der Waals surface area contributed by atoms with Gasteiger partial charge in [-0.15, -0.1) is 11.8 Å². The van der Waals surface area contributed by atoms with E-state index in [1.165, 1.54) is 18.4 Å². The maximum absolute atomic E-state index is 10.2. The van der Waals surface area contributed by atoms with Gasteiger partial charge in [0.25, 0.3) is 0 Å². The summed E-state index contributed by atoms with van der Waals surface area (Å²) in [6.45, 7) is 9.28. The number of nitrogens with one attached hydrogen (secondary N) is 1. The number of fused-ring (bicyclic) bond motifs is 3. The molecule has 0 radical (unpaired) electrons. The molecule has 0 amide bonds. The molecule has 1 aliphatic carbocycles. The second-order valence-corrected chi connectivity index (χ2v) is 10.3. The number of nitriles is 1. The molecule has 1 N–H and O–H groups in total. The summed E-state index contributed by atoms with van der Waals surface area (Å²) in [7, 11) is 1.68. The van der Waals surface area contributed by atoms with Crippen LogP contribution in [0.1, 0.15) is 56.6 Å². The number of thioether (sulfide) groups is 1. The molecule has 0 bridgehead atoms. The lowest BCUT2D eigenvalue weighted by Gasteiger charge is -2.40. The van der Waals surface area contributed by atoms with Crippen LogP contribution in [0, 0.1) is 11.3 Å². The van der Waals surface area contributed by atoms with Gasteiger partial charge in [-0.1, -0.05) is 19.8 Å². The Labute approximate surface area is 196 Å². The Bertz CT molecular complexity index is 876. The molecule has 6 nitrogen and oxygen atoms in total. The zero-order valence-corrected chi connectivity index (χ0v) is 20.3. The minimum absolute atomic E-state index is 0.314. The van der Waals surface area contributed by atoms with Gasteiger partial charge in [-0.25, -0.2) is 0 Å². The van der Waals surface area contributed by atoms with Crippen molar-refractivity contribution in [3.8, 4) is 17.6 Å². The van der Waals surface area contributed by atoms with Gasteiger partial charge in [0.15, 0.2) is 11.5 Å². The van der Waals surface area contributed by atoms with E-state index < -0.39 is 0 Å². The number of methoxy groups -OCH3 is 1. The molecule has 32 heavy (non-hydrogen) atoms. The molecule has 1 saturated carbocycles. The fourth-order valence-electron chi connectivity index (χ4n) is 5.18. The van der Waals surface area contributed by atoms with Gasteiger partial charge in [-0.05, 0) is 37.5 Å². The Hall–Kier alpha value is -1.88. The average molecular weight is 458 g/mol. The number of allylic oxidation sites excluding steroid dienone is 1. The van der Waals surface area contributed by atoms with E-state index >= 15 is 0 Å². The number of morpholine rings is 1. The molecule has 7 heteroatoms. The van der Waals surface area contributed by atoms with Crippen LogP contribution in [0.2, 0.25) is 0 Å². The van der Waals surface area contributed by atoms with Crippen molar-refractivity contribution in [3.63, 3.8) is 0 Å². The Kier molecular flexibility index (Phi) is 7.88. The van der Waals surface area contributed by atoms with Gasteiger partial charge < -0.3 is 19.5 Å². The van der Waals surface area contributed by atoms with Crippen LogP contribution in [-0.4, -0.2) is 62.8 Å². The number of hydrogen-bond acceptors (Lipinski definition) is 7. The lowest BCUT2D eigenvalue weighted by molar-refractivity contribution is 0.0386. The van der Waals surface area contributed by atoms with Crippen LogP contribution in [0.3, 0.4) is 0 Å². The van der Waals surface area contributed by atoms with Crippen LogP contribution < -0.4 is 14.8 Å². The predicted molar refractivity (Wildman–Crippen MR) is 129 cm³/mol. The summed E-state index contributed by atoms with van der Waals surface area (Å²) in [5.41, 5.74) is 3.35. The quantitative estimate of drug-likeness (QED) is 0.610. The Balaban J connectivity index is 1.68. The maximum atomic E-state index is 10.2. The lowest BCUT2D eigenvalue weighted by atomic mass is 9.75. The van der Waals surface area contributed by atoms with Crippen molar-refractivity contribution in [2.75, 3.05) is 46.6 Å². The van der Waals surface area contributed by atoms with E-state index in [2.05, 4.69) is 35.3 Å². The van der Waals surface area contributed by atoms with Gasteiger partial charge in [-0.2, -0.15) is 5.26 Å². The first-order valence-electron chi connectivity index (χ1n) is 11.9. The summed E-state index contributed by atoms with van der Waals surface area (Å²) in [5.74, 6) is 1.97. The number of rotatable bonds is 7. The fourth-order valence-corrected chi connectivity index (χ4v) is 6.21. The number of ether oxygens (including phenoxy) is 3. The van der Waals surface area contributed by atoms with Gasteiger partial charge in [0.1, 0.15) is 11.0 Å².